The summed E-state index contributed by atoms with van der Waals surface area (Å²) in [4.78, 5) is 38.7. The molecule has 0 atom stereocenters. The van der Waals surface area contributed by atoms with Crippen molar-refractivity contribution in [2.24, 2.45) is 4.99 Å². The van der Waals surface area contributed by atoms with Crippen molar-refractivity contribution in [3.63, 3.8) is 0 Å². The molecule has 0 bridgehead atoms. The second-order valence-electron chi connectivity index (χ2n) is 7.46. The van der Waals surface area contributed by atoms with Crippen molar-refractivity contribution >= 4 is 52.6 Å². The van der Waals surface area contributed by atoms with E-state index in [-0.39, 0.29) is 33.9 Å². The van der Waals surface area contributed by atoms with E-state index in [9.17, 15) is 9.59 Å². The molecular weight excluding hydrogens is 443 g/mol. The number of nitrogen functional groups attached to an aromatic ring is 2. The number of anilines is 2. The average molecular weight is 463 g/mol. The number of hydrogen-bond acceptors (Lipinski definition) is 6. The summed E-state index contributed by atoms with van der Waals surface area (Å²) < 4.78 is 0. The zero-order valence-electron chi connectivity index (χ0n) is 16.4. The zero-order chi connectivity index (χ0) is 22.2. The fourth-order valence-electron chi connectivity index (χ4n) is 3.63. The molecular formula is C19H20Cl2N8O2. The molecule has 31 heavy (non-hydrogen) atoms. The van der Waals surface area contributed by atoms with Crippen molar-refractivity contribution < 1.29 is 9.59 Å². The van der Waals surface area contributed by atoms with Crippen LogP contribution in [0.4, 0.5) is 11.6 Å². The van der Waals surface area contributed by atoms with E-state index < -0.39 is 5.91 Å². The number of carbonyl (C=O) groups excluding carboxylic acids is 2. The quantitative estimate of drug-likeness (QED) is 0.521. The number of likely N-dealkylation sites (tertiary alicyclic amines) is 1. The third kappa shape index (κ3) is 4.35. The highest BCUT2D eigenvalue weighted by Crippen LogP contribution is 2.26. The molecule has 162 valence electrons. The second kappa shape index (κ2) is 8.20. The number of nitrogens with zero attached hydrogens (tertiary/aromatic N) is 4. The van der Waals surface area contributed by atoms with Crippen LogP contribution in [0.5, 0.6) is 0 Å². The lowest BCUT2D eigenvalue weighted by atomic mass is 9.88. The van der Waals surface area contributed by atoms with Gasteiger partial charge in [0, 0.05) is 30.2 Å². The van der Waals surface area contributed by atoms with Crippen LogP contribution in [-0.4, -0.2) is 57.8 Å². The van der Waals surface area contributed by atoms with E-state index in [4.69, 9.17) is 34.7 Å². The number of halogens is 2. The van der Waals surface area contributed by atoms with Crippen molar-refractivity contribution in [2.75, 3.05) is 31.1 Å². The summed E-state index contributed by atoms with van der Waals surface area (Å²) in [7, 11) is 0. The standard InChI is InChI=1S/C19H20Cl2N8O2/c20-11-3-1-10(2-4-11)17(31)29-7-5-19(6-8-29)9-24-18(28-19)27-16(30)12-14(22)26-15(23)13(21)25-12/h1-4H,5-9H2,(H4,22,23,26)(H2,24,27,28,30). The number of hydrogen-bond donors (Lipinski definition) is 4. The first kappa shape index (κ1) is 21.1. The minimum atomic E-state index is -0.686. The van der Waals surface area contributed by atoms with Gasteiger partial charge in [-0.15, -0.1) is 0 Å². The van der Waals surface area contributed by atoms with Crippen molar-refractivity contribution in [2.45, 2.75) is 18.4 Å². The van der Waals surface area contributed by atoms with Crippen molar-refractivity contribution in [3.8, 4) is 0 Å². The fraction of sp³-hybridized carbons (Fsp3) is 0.316. The van der Waals surface area contributed by atoms with Gasteiger partial charge in [0.05, 0.1) is 5.54 Å². The van der Waals surface area contributed by atoms with Gasteiger partial charge >= 0.3 is 5.91 Å². The van der Waals surface area contributed by atoms with Gasteiger partial charge in [-0.3, -0.25) is 9.59 Å². The average Bonchev–Trinajstić information content (AvgIpc) is 3.13. The Morgan fingerprint density at radius 2 is 1.74 bits per heavy atom. The first-order valence-corrected chi connectivity index (χ1v) is 10.3. The predicted octanol–water partition coefficient (Wildman–Crippen LogP) is 1.31. The molecule has 1 aromatic heterocycles. The summed E-state index contributed by atoms with van der Waals surface area (Å²) in [6, 6.07) is 6.85. The summed E-state index contributed by atoms with van der Waals surface area (Å²) in [6.45, 7) is 1.72. The number of piperidine rings is 1. The van der Waals surface area contributed by atoms with Crippen LogP contribution in [0.25, 0.3) is 0 Å². The van der Waals surface area contributed by atoms with Crippen LogP contribution in [0, 0.1) is 0 Å². The largest absolute Gasteiger partial charge is 0.382 e. The Labute approximate surface area is 188 Å². The van der Waals surface area contributed by atoms with Gasteiger partial charge in [-0.1, -0.05) is 23.2 Å². The van der Waals surface area contributed by atoms with Gasteiger partial charge in [-0.2, -0.15) is 4.99 Å². The van der Waals surface area contributed by atoms with E-state index in [0.29, 0.717) is 49.0 Å². The molecule has 4 rings (SSSR count). The fourth-order valence-corrected chi connectivity index (χ4v) is 3.88. The van der Waals surface area contributed by atoms with Crippen LogP contribution in [0.1, 0.15) is 33.7 Å². The van der Waals surface area contributed by atoms with Crippen molar-refractivity contribution in [1.82, 2.24) is 25.5 Å². The van der Waals surface area contributed by atoms with Crippen LogP contribution in [0.3, 0.4) is 0 Å². The number of guanidine groups is 1. The molecule has 6 N–H and O–H groups in total. The van der Waals surface area contributed by atoms with Gasteiger partial charge in [-0.05, 0) is 37.1 Å². The number of nitrogens with two attached hydrogens (primary N) is 2. The smallest absolute Gasteiger partial charge is 0.302 e. The highest BCUT2D eigenvalue weighted by molar-refractivity contribution is 6.31. The van der Waals surface area contributed by atoms with Gasteiger partial charge in [0.2, 0.25) is 0 Å². The molecule has 2 saturated heterocycles. The Morgan fingerprint density at radius 3 is 2.42 bits per heavy atom. The van der Waals surface area contributed by atoms with Gasteiger partial charge < -0.3 is 27.0 Å². The van der Waals surface area contributed by atoms with Crippen LogP contribution < -0.4 is 22.1 Å². The van der Waals surface area contributed by atoms with Gasteiger partial charge in [0.1, 0.15) is 0 Å². The molecule has 0 radical (unpaired) electrons. The first-order valence-electron chi connectivity index (χ1n) is 9.55. The van der Waals surface area contributed by atoms with Crippen LogP contribution in [-0.2, 0) is 0 Å². The predicted molar refractivity (Wildman–Crippen MR) is 118 cm³/mol. The summed E-state index contributed by atoms with van der Waals surface area (Å²) in [6.07, 6.45) is 1.39. The molecule has 2 fully saturated rings. The SMILES string of the molecule is Nc1nc(N)c(C(=O)/N=C2\NCC3(CCN(C(=O)c4ccc(Cl)cc4)CC3)N2)nc1Cl. The lowest BCUT2D eigenvalue weighted by molar-refractivity contribution is 0.0669. The highest BCUT2D eigenvalue weighted by atomic mass is 35.5. The Hall–Kier alpha value is -3.11. The maximum absolute atomic E-state index is 12.7. The molecule has 2 amide bonds. The van der Waals surface area contributed by atoms with Gasteiger partial charge in [-0.25, -0.2) is 9.97 Å². The number of nitrogens with one attached hydrogen (secondary N) is 2. The van der Waals surface area contributed by atoms with E-state index >= 15 is 0 Å². The Kier molecular flexibility index (Phi) is 5.59. The molecule has 0 unspecified atom stereocenters. The number of benzene rings is 1. The highest BCUT2D eigenvalue weighted by Gasteiger charge is 2.40. The third-order valence-corrected chi connectivity index (χ3v) is 5.93. The molecule has 3 heterocycles. The number of rotatable bonds is 2. The van der Waals surface area contributed by atoms with Crippen LogP contribution in [0.2, 0.25) is 10.2 Å². The molecule has 1 aromatic carbocycles. The molecule has 0 aliphatic carbocycles. The summed E-state index contributed by atoms with van der Waals surface area (Å²) in [5, 5.41) is 6.85. The van der Waals surface area contributed by atoms with Gasteiger partial charge in [0.25, 0.3) is 5.91 Å². The summed E-state index contributed by atoms with van der Waals surface area (Å²) in [5.41, 5.74) is 11.4. The van der Waals surface area contributed by atoms with E-state index in [1.807, 2.05) is 4.90 Å². The molecule has 0 saturated carbocycles. The van der Waals surface area contributed by atoms with Crippen LogP contribution >= 0.6 is 23.2 Å². The number of carbonyl (C=O) groups is 2. The van der Waals surface area contributed by atoms with E-state index in [1.165, 1.54) is 0 Å². The first-order chi connectivity index (χ1) is 14.8. The molecule has 2 aliphatic rings. The van der Waals surface area contributed by atoms with E-state index in [1.54, 1.807) is 24.3 Å². The van der Waals surface area contributed by atoms with Crippen LogP contribution in [0.15, 0.2) is 29.3 Å². The normalized spacial score (nSPS) is 18.6. The molecule has 2 aromatic rings. The summed E-state index contributed by atoms with van der Waals surface area (Å²) in [5.74, 6) is -0.598. The van der Waals surface area contributed by atoms with Crippen molar-refractivity contribution in [3.05, 3.63) is 45.7 Å². The van der Waals surface area contributed by atoms with E-state index in [2.05, 4.69) is 25.6 Å². The maximum atomic E-state index is 12.7. The Morgan fingerprint density at radius 1 is 1.06 bits per heavy atom. The number of aliphatic imine (C=N–C) groups is 1. The lowest BCUT2D eigenvalue weighted by Gasteiger charge is -2.38. The zero-order valence-corrected chi connectivity index (χ0v) is 17.9. The summed E-state index contributed by atoms with van der Waals surface area (Å²) >= 11 is 11.7. The minimum absolute atomic E-state index is 0.0316. The van der Waals surface area contributed by atoms with E-state index in [0.717, 1.165) is 0 Å². The topological polar surface area (TPSA) is 152 Å². The molecule has 10 nitrogen and oxygen atoms in total. The minimum Gasteiger partial charge on any atom is -0.382 e. The molecule has 2 aliphatic heterocycles. The molecule has 1 spiro atoms. The van der Waals surface area contributed by atoms with Crippen molar-refractivity contribution in [1.29, 1.82) is 0 Å². The maximum Gasteiger partial charge on any atom is 0.302 e. The van der Waals surface area contributed by atoms with Gasteiger partial charge in [0.15, 0.2) is 28.4 Å². The second-order valence-corrected chi connectivity index (χ2v) is 8.25. The Balaban J connectivity index is 1.40. The molecule has 12 heteroatoms. The number of aromatic nitrogens is 2. The monoisotopic (exact) mass is 462 g/mol. The lowest BCUT2D eigenvalue weighted by Crippen LogP contribution is -2.53. The Bertz CT molecular complexity index is 1070. The number of amides is 2. The third-order valence-electron chi connectivity index (χ3n) is 5.40.